The van der Waals surface area contributed by atoms with Crippen LogP contribution in [-0.2, 0) is 14.9 Å². The molecule has 1 amide bonds. The molecule has 0 aromatic heterocycles. The Balaban J connectivity index is 2.87. The molecule has 1 rings (SSSR count). The number of unbranched alkanes of at least 4 members (excludes halogenated alkanes) is 2. The molecular weight excluding hydrogens is 354 g/mol. The van der Waals surface area contributed by atoms with E-state index in [4.69, 9.17) is 4.55 Å². The quantitative estimate of drug-likeness (QED) is 0.367. The summed E-state index contributed by atoms with van der Waals surface area (Å²) in [7, 11) is -4.29. The van der Waals surface area contributed by atoms with Gasteiger partial charge in [-0.2, -0.15) is 13.7 Å². The predicted molar refractivity (Wildman–Crippen MR) is 100.0 cm³/mol. The molecule has 7 nitrogen and oxygen atoms in total. The van der Waals surface area contributed by atoms with Gasteiger partial charge < -0.3 is 10.2 Å². The van der Waals surface area contributed by atoms with Crippen molar-refractivity contribution >= 4 is 21.7 Å². The summed E-state index contributed by atoms with van der Waals surface area (Å²) in [5.41, 5.74) is 0.313. The molecule has 0 saturated heterocycles. The van der Waals surface area contributed by atoms with E-state index in [-0.39, 0.29) is 10.5 Å². The van der Waals surface area contributed by atoms with E-state index in [1.165, 1.54) is 24.3 Å². The number of carbonyl (C=O) groups is 1. The van der Waals surface area contributed by atoms with Crippen molar-refractivity contribution in [2.75, 3.05) is 18.4 Å². The molecule has 26 heavy (non-hydrogen) atoms. The average molecular weight is 379 g/mol. The molecule has 1 aromatic carbocycles. The number of nitriles is 1. The third-order valence-corrected chi connectivity index (χ3v) is 4.55. The van der Waals surface area contributed by atoms with Crippen LogP contribution in [0.25, 0.3) is 0 Å². The SMILES string of the molecule is CCCCN(/C=C(/C#N)C(=O)Nc1ccc(S(=O)(=O)O)cc1)CCCC. The zero-order valence-electron chi connectivity index (χ0n) is 15.1. The first-order valence-electron chi connectivity index (χ1n) is 8.56. The van der Waals surface area contributed by atoms with E-state index >= 15 is 0 Å². The second-order valence-electron chi connectivity index (χ2n) is 5.85. The van der Waals surface area contributed by atoms with Crippen LogP contribution in [0.4, 0.5) is 5.69 Å². The van der Waals surface area contributed by atoms with Gasteiger partial charge in [0, 0.05) is 25.0 Å². The van der Waals surface area contributed by atoms with Crippen LogP contribution in [0.3, 0.4) is 0 Å². The monoisotopic (exact) mass is 379 g/mol. The van der Waals surface area contributed by atoms with Gasteiger partial charge >= 0.3 is 0 Å². The molecule has 0 atom stereocenters. The van der Waals surface area contributed by atoms with Gasteiger partial charge in [-0.1, -0.05) is 26.7 Å². The van der Waals surface area contributed by atoms with Crippen molar-refractivity contribution in [2.24, 2.45) is 0 Å². The average Bonchev–Trinajstić information content (AvgIpc) is 2.60. The number of amides is 1. The molecule has 0 fully saturated rings. The lowest BCUT2D eigenvalue weighted by atomic mass is 10.2. The number of nitrogens with one attached hydrogen (secondary N) is 1. The fraction of sp³-hybridized carbons (Fsp3) is 0.444. The highest BCUT2D eigenvalue weighted by Crippen LogP contribution is 2.15. The normalized spacial score (nSPS) is 11.7. The molecule has 142 valence electrons. The third-order valence-electron chi connectivity index (χ3n) is 3.68. The van der Waals surface area contributed by atoms with Crippen molar-refractivity contribution in [3.8, 4) is 6.07 Å². The minimum atomic E-state index is -4.29. The molecule has 0 spiro atoms. The molecule has 0 bridgehead atoms. The maximum absolute atomic E-state index is 12.3. The lowest BCUT2D eigenvalue weighted by Crippen LogP contribution is -2.23. The fourth-order valence-electron chi connectivity index (χ4n) is 2.19. The Kier molecular flexibility index (Phi) is 8.82. The van der Waals surface area contributed by atoms with Gasteiger partial charge in [-0.25, -0.2) is 0 Å². The van der Waals surface area contributed by atoms with Crippen molar-refractivity contribution < 1.29 is 17.8 Å². The molecular formula is C18H25N3O4S. The summed E-state index contributed by atoms with van der Waals surface area (Å²) in [4.78, 5) is 14.0. The van der Waals surface area contributed by atoms with Crippen LogP contribution in [0.2, 0.25) is 0 Å². The number of anilines is 1. The standard InChI is InChI=1S/C18H25N3O4S/c1-3-5-11-21(12-6-4-2)14-15(13-19)18(22)20-16-7-9-17(10-8-16)26(23,24)25/h7-10,14H,3-6,11-12H2,1-2H3,(H,20,22)(H,23,24,25)/b15-14-. The molecule has 0 aliphatic rings. The van der Waals surface area contributed by atoms with Gasteiger partial charge in [-0.15, -0.1) is 0 Å². The minimum absolute atomic E-state index is 0.0175. The van der Waals surface area contributed by atoms with E-state index in [1.807, 2.05) is 11.0 Å². The highest BCUT2D eigenvalue weighted by molar-refractivity contribution is 7.85. The van der Waals surface area contributed by atoms with Crippen molar-refractivity contribution in [3.63, 3.8) is 0 Å². The Hall–Kier alpha value is -2.37. The smallest absolute Gasteiger partial charge is 0.294 e. The van der Waals surface area contributed by atoms with E-state index < -0.39 is 16.0 Å². The zero-order valence-corrected chi connectivity index (χ0v) is 15.9. The van der Waals surface area contributed by atoms with Gasteiger partial charge in [-0.05, 0) is 37.1 Å². The van der Waals surface area contributed by atoms with Crippen molar-refractivity contribution in [1.82, 2.24) is 4.90 Å². The number of carbonyl (C=O) groups excluding carboxylic acids is 1. The number of benzene rings is 1. The summed E-state index contributed by atoms with van der Waals surface area (Å²) in [5.74, 6) is -0.565. The summed E-state index contributed by atoms with van der Waals surface area (Å²) < 4.78 is 31.0. The fourth-order valence-corrected chi connectivity index (χ4v) is 2.67. The van der Waals surface area contributed by atoms with Crippen LogP contribution < -0.4 is 5.32 Å². The largest absolute Gasteiger partial charge is 0.376 e. The second kappa shape index (κ2) is 10.6. The molecule has 0 unspecified atom stereocenters. The van der Waals surface area contributed by atoms with Crippen molar-refractivity contribution in [2.45, 2.75) is 44.4 Å². The van der Waals surface area contributed by atoms with Crippen LogP contribution >= 0.6 is 0 Å². The molecule has 2 N–H and O–H groups in total. The summed E-state index contributed by atoms with van der Waals surface area (Å²) in [6.45, 7) is 5.71. The summed E-state index contributed by atoms with van der Waals surface area (Å²) in [6.07, 6.45) is 5.55. The van der Waals surface area contributed by atoms with E-state index in [2.05, 4.69) is 19.2 Å². The topological polar surface area (TPSA) is 111 Å². The van der Waals surface area contributed by atoms with Crippen molar-refractivity contribution in [1.29, 1.82) is 5.26 Å². The van der Waals surface area contributed by atoms with Gasteiger partial charge in [0.05, 0.1) is 4.90 Å². The number of hydrogen-bond acceptors (Lipinski definition) is 5. The Bertz CT molecular complexity index is 757. The molecule has 8 heteroatoms. The zero-order chi connectivity index (χ0) is 19.6. The molecule has 0 saturated carbocycles. The van der Waals surface area contributed by atoms with Crippen LogP contribution in [0.1, 0.15) is 39.5 Å². The lowest BCUT2D eigenvalue weighted by molar-refractivity contribution is -0.112. The minimum Gasteiger partial charge on any atom is -0.376 e. The molecule has 0 aliphatic heterocycles. The van der Waals surface area contributed by atoms with Gasteiger partial charge in [0.2, 0.25) is 0 Å². The summed E-state index contributed by atoms with van der Waals surface area (Å²) >= 11 is 0. The number of hydrogen-bond donors (Lipinski definition) is 2. The van der Waals surface area contributed by atoms with Crippen LogP contribution in [0.5, 0.6) is 0 Å². The van der Waals surface area contributed by atoms with Crippen LogP contribution in [0, 0.1) is 11.3 Å². The van der Waals surface area contributed by atoms with Crippen LogP contribution in [-0.4, -0.2) is 36.9 Å². The van der Waals surface area contributed by atoms with E-state index in [1.54, 1.807) is 6.20 Å². The third kappa shape index (κ3) is 7.25. The van der Waals surface area contributed by atoms with Gasteiger partial charge in [0.25, 0.3) is 16.0 Å². The number of nitrogens with zero attached hydrogens (tertiary/aromatic N) is 2. The highest BCUT2D eigenvalue weighted by Gasteiger charge is 2.13. The van der Waals surface area contributed by atoms with Gasteiger partial charge in [0.1, 0.15) is 11.6 Å². The van der Waals surface area contributed by atoms with Crippen LogP contribution in [0.15, 0.2) is 40.9 Å². The first-order chi connectivity index (χ1) is 12.3. The maximum atomic E-state index is 12.3. The molecule has 0 aliphatic carbocycles. The number of rotatable bonds is 10. The maximum Gasteiger partial charge on any atom is 0.294 e. The highest BCUT2D eigenvalue weighted by atomic mass is 32.2. The van der Waals surface area contributed by atoms with E-state index in [0.717, 1.165) is 38.8 Å². The summed E-state index contributed by atoms with van der Waals surface area (Å²) in [6, 6.07) is 6.96. The molecule has 1 aromatic rings. The molecule has 0 heterocycles. The van der Waals surface area contributed by atoms with E-state index in [0.29, 0.717) is 5.69 Å². The summed E-state index contributed by atoms with van der Waals surface area (Å²) in [5, 5.41) is 11.9. The Morgan fingerprint density at radius 3 is 2.15 bits per heavy atom. The first-order valence-corrected chi connectivity index (χ1v) is 10.0. The molecule has 0 radical (unpaired) electrons. The first kappa shape index (κ1) is 21.7. The Morgan fingerprint density at radius 1 is 1.19 bits per heavy atom. The van der Waals surface area contributed by atoms with Gasteiger partial charge in [-0.3, -0.25) is 9.35 Å². The second-order valence-corrected chi connectivity index (χ2v) is 7.27. The lowest BCUT2D eigenvalue weighted by Gasteiger charge is -2.20. The van der Waals surface area contributed by atoms with Crippen molar-refractivity contribution in [3.05, 3.63) is 36.0 Å². The van der Waals surface area contributed by atoms with Gasteiger partial charge in [0.15, 0.2) is 0 Å². The Labute approximate surface area is 155 Å². The predicted octanol–water partition coefficient (Wildman–Crippen LogP) is 3.18. The Morgan fingerprint density at radius 2 is 1.73 bits per heavy atom. The van der Waals surface area contributed by atoms with E-state index in [9.17, 15) is 18.5 Å².